The van der Waals surface area contributed by atoms with Crippen molar-refractivity contribution >= 4 is 11.7 Å². The highest BCUT2D eigenvalue weighted by molar-refractivity contribution is 5.89. The Labute approximate surface area is 95.6 Å². The second-order valence-corrected chi connectivity index (χ2v) is 3.51. The smallest absolute Gasteiger partial charge is 0.384 e. The normalized spacial score (nSPS) is 9.19. The average Bonchev–Trinajstić information content (AvgIpc) is 2.21. The van der Waals surface area contributed by atoms with E-state index in [9.17, 15) is 4.79 Å². The van der Waals surface area contributed by atoms with Gasteiger partial charge in [0.15, 0.2) is 0 Å². The van der Waals surface area contributed by atoms with Crippen LogP contribution in [0.2, 0.25) is 0 Å². The number of hydrogen-bond acceptors (Lipinski definition) is 3. The van der Waals surface area contributed by atoms with Crippen molar-refractivity contribution in [3.05, 3.63) is 28.8 Å². The Morgan fingerprint density at radius 2 is 2.12 bits per heavy atom. The molecule has 84 valence electrons. The van der Waals surface area contributed by atoms with Gasteiger partial charge in [-0.15, -0.1) is 0 Å². The van der Waals surface area contributed by atoms with Crippen LogP contribution in [-0.4, -0.2) is 12.6 Å². The largest absolute Gasteiger partial charge is 0.456 e. The molecule has 0 saturated heterocycles. The maximum atomic E-state index is 11.1. The summed E-state index contributed by atoms with van der Waals surface area (Å²) in [5.74, 6) is 4.61. The lowest BCUT2D eigenvalue weighted by atomic mass is 10.0. The first-order valence-corrected chi connectivity index (χ1v) is 5.10. The molecule has 0 saturated carbocycles. The van der Waals surface area contributed by atoms with Crippen molar-refractivity contribution in [2.24, 2.45) is 0 Å². The zero-order valence-electron chi connectivity index (χ0n) is 9.76. The lowest BCUT2D eigenvalue weighted by Gasteiger charge is -2.04. The fraction of sp³-hybridized carbons (Fsp3) is 0.308. The number of nitrogen functional groups attached to an aromatic ring is 1. The van der Waals surface area contributed by atoms with Crippen LogP contribution >= 0.6 is 0 Å². The van der Waals surface area contributed by atoms with Crippen molar-refractivity contribution in [1.29, 1.82) is 0 Å². The molecule has 0 atom stereocenters. The molecule has 3 heteroatoms. The third-order valence-corrected chi connectivity index (χ3v) is 2.11. The van der Waals surface area contributed by atoms with E-state index in [4.69, 9.17) is 10.5 Å². The number of ether oxygens (including phenoxy) is 1. The van der Waals surface area contributed by atoms with Crippen LogP contribution in [0, 0.1) is 25.7 Å². The van der Waals surface area contributed by atoms with E-state index in [1.54, 1.807) is 6.92 Å². The monoisotopic (exact) mass is 217 g/mol. The summed E-state index contributed by atoms with van der Waals surface area (Å²) in [5.41, 5.74) is 9.18. The first kappa shape index (κ1) is 12.1. The van der Waals surface area contributed by atoms with Crippen molar-refractivity contribution in [3.63, 3.8) is 0 Å². The van der Waals surface area contributed by atoms with Gasteiger partial charge in [-0.05, 0) is 38.0 Å². The molecule has 0 amide bonds. The van der Waals surface area contributed by atoms with E-state index < -0.39 is 5.97 Å². The van der Waals surface area contributed by atoms with Crippen LogP contribution in [0.1, 0.15) is 23.6 Å². The van der Waals surface area contributed by atoms with E-state index in [0.29, 0.717) is 17.9 Å². The molecule has 0 radical (unpaired) electrons. The minimum Gasteiger partial charge on any atom is -0.456 e. The number of carbonyl (C=O) groups excluding carboxylic acids is 1. The van der Waals surface area contributed by atoms with Crippen LogP contribution in [0.4, 0.5) is 5.69 Å². The standard InChI is InChI=1S/C13H15NO2/c1-4-16-12(15)6-5-11-8-9(2)7-10(3)13(11)14/h7-8H,4,14H2,1-3H3. The molecular weight excluding hydrogens is 202 g/mol. The van der Waals surface area contributed by atoms with Crippen molar-refractivity contribution in [3.8, 4) is 11.8 Å². The maximum absolute atomic E-state index is 11.1. The predicted octanol–water partition coefficient (Wildman–Crippen LogP) is 1.80. The topological polar surface area (TPSA) is 52.3 Å². The second-order valence-electron chi connectivity index (χ2n) is 3.51. The number of anilines is 1. The number of aryl methyl sites for hydroxylation is 2. The molecule has 1 aromatic rings. The number of esters is 1. The summed E-state index contributed by atoms with van der Waals surface area (Å²) in [5, 5.41) is 0. The van der Waals surface area contributed by atoms with E-state index >= 15 is 0 Å². The lowest BCUT2D eigenvalue weighted by molar-refractivity contribution is -0.136. The Bertz CT molecular complexity index is 467. The van der Waals surface area contributed by atoms with E-state index in [-0.39, 0.29) is 0 Å². The molecule has 0 bridgehead atoms. The predicted molar refractivity (Wildman–Crippen MR) is 63.8 cm³/mol. The first-order chi connectivity index (χ1) is 7.54. The second kappa shape index (κ2) is 5.22. The van der Waals surface area contributed by atoms with Gasteiger partial charge in [-0.3, -0.25) is 0 Å². The Balaban J connectivity index is 3.01. The van der Waals surface area contributed by atoms with Gasteiger partial charge in [0.05, 0.1) is 12.3 Å². The number of nitrogens with two attached hydrogens (primary N) is 1. The van der Waals surface area contributed by atoms with Gasteiger partial charge in [0.25, 0.3) is 0 Å². The molecule has 0 unspecified atom stereocenters. The van der Waals surface area contributed by atoms with Crippen LogP contribution in [-0.2, 0) is 9.53 Å². The Morgan fingerprint density at radius 3 is 2.75 bits per heavy atom. The zero-order valence-corrected chi connectivity index (χ0v) is 9.76. The zero-order chi connectivity index (χ0) is 12.1. The summed E-state index contributed by atoms with van der Waals surface area (Å²) < 4.78 is 4.71. The minimum absolute atomic E-state index is 0.329. The minimum atomic E-state index is -0.527. The molecule has 0 aromatic heterocycles. The highest BCUT2D eigenvalue weighted by Gasteiger charge is 2.01. The van der Waals surface area contributed by atoms with Gasteiger partial charge in [-0.2, -0.15) is 0 Å². The molecular formula is C13H15NO2. The van der Waals surface area contributed by atoms with Gasteiger partial charge in [0, 0.05) is 11.5 Å². The molecule has 16 heavy (non-hydrogen) atoms. The Morgan fingerprint density at radius 1 is 1.44 bits per heavy atom. The molecule has 1 rings (SSSR count). The SMILES string of the molecule is CCOC(=O)C#Cc1cc(C)cc(C)c1N. The molecule has 3 nitrogen and oxygen atoms in total. The van der Waals surface area contributed by atoms with Crippen molar-refractivity contribution in [2.45, 2.75) is 20.8 Å². The van der Waals surface area contributed by atoms with Crippen LogP contribution in [0.25, 0.3) is 0 Å². The van der Waals surface area contributed by atoms with E-state index in [0.717, 1.165) is 11.1 Å². The number of hydrogen-bond donors (Lipinski definition) is 1. The molecule has 0 aliphatic carbocycles. The molecule has 0 aliphatic rings. The Kier molecular flexibility index (Phi) is 3.96. The Hall–Kier alpha value is -1.95. The number of carbonyl (C=O) groups is 1. The summed E-state index contributed by atoms with van der Waals surface area (Å²) in [6.45, 7) is 5.94. The quantitative estimate of drug-likeness (QED) is 0.443. The van der Waals surface area contributed by atoms with Crippen LogP contribution < -0.4 is 5.73 Å². The van der Waals surface area contributed by atoms with Gasteiger partial charge in [0.2, 0.25) is 0 Å². The third-order valence-electron chi connectivity index (χ3n) is 2.11. The van der Waals surface area contributed by atoms with Gasteiger partial charge in [0.1, 0.15) is 0 Å². The number of benzene rings is 1. The first-order valence-electron chi connectivity index (χ1n) is 5.10. The summed E-state index contributed by atoms with van der Waals surface area (Å²) in [4.78, 5) is 11.1. The van der Waals surface area contributed by atoms with Gasteiger partial charge in [-0.1, -0.05) is 12.0 Å². The fourth-order valence-electron chi connectivity index (χ4n) is 1.37. The molecule has 2 N–H and O–H groups in total. The maximum Gasteiger partial charge on any atom is 0.384 e. The summed E-state index contributed by atoms with van der Waals surface area (Å²) in [6.07, 6.45) is 0. The summed E-state index contributed by atoms with van der Waals surface area (Å²) >= 11 is 0. The fourth-order valence-corrected chi connectivity index (χ4v) is 1.37. The van der Waals surface area contributed by atoms with Gasteiger partial charge in [-0.25, -0.2) is 4.79 Å². The highest BCUT2D eigenvalue weighted by atomic mass is 16.5. The summed E-state index contributed by atoms with van der Waals surface area (Å²) in [6, 6.07) is 3.83. The molecule has 0 fully saturated rings. The van der Waals surface area contributed by atoms with Crippen molar-refractivity contribution in [1.82, 2.24) is 0 Å². The number of rotatable bonds is 1. The van der Waals surface area contributed by atoms with E-state index in [1.807, 2.05) is 26.0 Å². The third kappa shape index (κ3) is 3.03. The van der Waals surface area contributed by atoms with Gasteiger partial charge < -0.3 is 10.5 Å². The van der Waals surface area contributed by atoms with E-state index in [2.05, 4.69) is 11.8 Å². The molecule has 0 spiro atoms. The molecule has 1 aromatic carbocycles. The average molecular weight is 217 g/mol. The lowest BCUT2D eigenvalue weighted by Crippen LogP contribution is -2.00. The van der Waals surface area contributed by atoms with Gasteiger partial charge >= 0.3 is 5.97 Å². The highest BCUT2D eigenvalue weighted by Crippen LogP contribution is 2.17. The molecule has 0 aliphatic heterocycles. The van der Waals surface area contributed by atoms with Crippen LogP contribution in [0.3, 0.4) is 0 Å². The van der Waals surface area contributed by atoms with E-state index in [1.165, 1.54) is 0 Å². The molecule has 0 heterocycles. The van der Waals surface area contributed by atoms with Crippen LogP contribution in [0.15, 0.2) is 12.1 Å². The van der Waals surface area contributed by atoms with Crippen LogP contribution in [0.5, 0.6) is 0 Å². The van der Waals surface area contributed by atoms with Crippen molar-refractivity contribution in [2.75, 3.05) is 12.3 Å². The summed E-state index contributed by atoms with van der Waals surface area (Å²) in [7, 11) is 0. The van der Waals surface area contributed by atoms with Crippen molar-refractivity contribution < 1.29 is 9.53 Å².